The topological polar surface area (TPSA) is 68.1 Å². The molecule has 112 valence electrons. The molecule has 2 aliphatic carbocycles. The Balaban J connectivity index is 1.56. The Morgan fingerprint density at radius 2 is 2.18 bits per heavy atom. The molecule has 22 heavy (non-hydrogen) atoms. The fourth-order valence-electron chi connectivity index (χ4n) is 3.55. The zero-order chi connectivity index (χ0) is 15.3. The van der Waals surface area contributed by atoms with Gasteiger partial charge in [-0.2, -0.15) is 0 Å². The lowest BCUT2D eigenvalue weighted by molar-refractivity contribution is -0.385. The van der Waals surface area contributed by atoms with Gasteiger partial charge in [-0.25, -0.2) is 4.98 Å². The van der Waals surface area contributed by atoms with Crippen molar-refractivity contribution >= 4 is 23.1 Å². The summed E-state index contributed by atoms with van der Waals surface area (Å²) in [6.45, 7) is 0. The number of halogens is 1. The summed E-state index contributed by atoms with van der Waals surface area (Å²) in [4.78, 5) is 14.3. The second kappa shape index (κ2) is 4.95. The molecular formula is C16H14ClN3O2. The van der Waals surface area contributed by atoms with Gasteiger partial charge in [-0.15, -0.1) is 0 Å². The van der Waals surface area contributed by atoms with E-state index in [0.29, 0.717) is 28.7 Å². The molecule has 3 unspecified atom stereocenters. The van der Waals surface area contributed by atoms with Crippen LogP contribution in [0.3, 0.4) is 0 Å². The molecule has 2 aliphatic rings. The second-order valence-electron chi connectivity index (χ2n) is 5.88. The van der Waals surface area contributed by atoms with Crippen LogP contribution in [-0.2, 0) is 6.42 Å². The number of nitrogens with zero attached hydrogens (tertiary/aromatic N) is 2. The molecule has 6 heteroatoms. The second-order valence-corrected chi connectivity index (χ2v) is 6.29. The lowest BCUT2D eigenvalue weighted by Gasteiger charge is -2.13. The Labute approximate surface area is 132 Å². The summed E-state index contributed by atoms with van der Waals surface area (Å²) in [6.07, 6.45) is 3.51. The normalized spacial score (nSPS) is 25.0. The van der Waals surface area contributed by atoms with Crippen LogP contribution in [0.2, 0.25) is 5.02 Å². The summed E-state index contributed by atoms with van der Waals surface area (Å²) in [6, 6.07) is 10.2. The number of fused-ring (bicyclic) bond motifs is 3. The van der Waals surface area contributed by atoms with Gasteiger partial charge < -0.3 is 5.32 Å². The van der Waals surface area contributed by atoms with Crippen molar-refractivity contribution in [1.29, 1.82) is 0 Å². The number of anilines is 1. The van der Waals surface area contributed by atoms with Crippen molar-refractivity contribution in [1.82, 2.24) is 4.98 Å². The van der Waals surface area contributed by atoms with Gasteiger partial charge in [-0.3, -0.25) is 10.1 Å². The third kappa shape index (κ3) is 2.13. The fourth-order valence-corrected chi connectivity index (χ4v) is 3.77. The first-order valence-corrected chi connectivity index (χ1v) is 7.67. The molecule has 3 atom stereocenters. The summed E-state index contributed by atoms with van der Waals surface area (Å²) in [7, 11) is 0. The largest absolute Gasteiger partial charge is 0.365 e. The third-order valence-corrected chi connectivity index (χ3v) is 4.96. The molecule has 5 nitrogen and oxygen atoms in total. The van der Waals surface area contributed by atoms with E-state index in [1.165, 1.54) is 23.4 Å². The molecule has 0 spiro atoms. The molecule has 1 N–H and O–H groups in total. The van der Waals surface area contributed by atoms with Gasteiger partial charge in [0, 0.05) is 18.0 Å². The lowest BCUT2D eigenvalue weighted by atomic mass is 9.92. The quantitative estimate of drug-likeness (QED) is 0.691. The number of benzene rings is 1. The Morgan fingerprint density at radius 1 is 1.36 bits per heavy atom. The molecule has 0 radical (unpaired) electrons. The first kappa shape index (κ1) is 13.5. The maximum atomic E-state index is 10.7. The van der Waals surface area contributed by atoms with Gasteiger partial charge >= 0.3 is 0 Å². The van der Waals surface area contributed by atoms with Crippen molar-refractivity contribution in [2.75, 3.05) is 5.32 Å². The number of hydrogen-bond acceptors (Lipinski definition) is 4. The van der Waals surface area contributed by atoms with Crippen molar-refractivity contribution < 1.29 is 4.92 Å². The highest BCUT2D eigenvalue weighted by Gasteiger charge is 2.53. The molecular weight excluding hydrogens is 302 g/mol. The van der Waals surface area contributed by atoms with Gasteiger partial charge in [0.25, 0.3) is 5.69 Å². The molecule has 0 saturated heterocycles. The summed E-state index contributed by atoms with van der Waals surface area (Å²) < 4.78 is 0. The van der Waals surface area contributed by atoms with Crippen molar-refractivity contribution in [3.05, 3.63) is 62.8 Å². The molecule has 0 bridgehead atoms. The average Bonchev–Trinajstić information content (AvgIpc) is 3.23. The summed E-state index contributed by atoms with van der Waals surface area (Å²) in [5, 5.41) is 14.4. The van der Waals surface area contributed by atoms with Gasteiger partial charge in [0.1, 0.15) is 12.0 Å². The Kier molecular flexibility index (Phi) is 3.04. The maximum absolute atomic E-state index is 10.7. The highest BCUT2D eigenvalue weighted by molar-refractivity contribution is 6.33. The summed E-state index contributed by atoms with van der Waals surface area (Å²) >= 11 is 6.11. The van der Waals surface area contributed by atoms with E-state index in [9.17, 15) is 10.1 Å². The van der Waals surface area contributed by atoms with Crippen LogP contribution in [0.4, 0.5) is 11.5 Å². The van der Waals surface area contributed by atoms with Gasteiger partial charge in [0.15, 0.2) is 0 Å². The molecule has 1 fully saturated rings. The van der Waals surface area contributed by atoms with Gasteiger partial charge in [0.2, 0.25) is 0 Å². The number of aromatic nitrogens is 1. The van der Waals surface area contributed by atoms with E-state index in [-0.39, 0.29) is 5.69 Å². The SMILES string of the molecule is O=[N+]([O-])c1cnc(NC2C3CCc4ccccc4C32)c(Cl)c1. The molecule has 0 amide bonds. The number of hydrogen-bond donors (Lipinski definition) is 1. The van der Waals surface area contributed by atoms with Crippen LogP contribution in [0.5, 0.6) is 0 Å². The number of nitro groups is 1. The van der Waals surface area contributed by atoms with Crippen LogP contribution in [0.25, 0.3) is 0 Å². The monoisotopic (exact) mass is 315 g/mol. The minimum absolute atomic E-state index is 0.0888. The van der Waals surface area contributed by atoms with Crippen LogP contribution >= 0.6 is 11.6 Å². The zero-order valence-electron chi connectivity index (χ0n) is 11.7. The van der Waals surface area contributed by atoms with E-state index in [4.69, 9.17) is 11.6 Å². The summed E-state index contributed by atoms with van der Waals surface area (Å²) in [5.74, 6) is 1.63. The van der Waals surface area contributed by atoms with E-state index in [1.807, 2.05) is 0 Å². The predicted molar refractivity (Wildman–Crippen MR) is 84.3 cm³/mol. The third-order valence-electron chi connectivity index (χ3n) is 4.67. The van der Waals surface area contributed by atoms with Crippen LogP contribution in [0.15, 0.2) is 36.5 Å². The molecule has 4 rings (SSSR count). The Bertz CT molecular complexity index is 765. The van der Waals surface area contributed by atoms with Gasteiger partial charge in [-0.1, -0.05) is 35.9 Å². The average molecular weight is 316 g/mol. The van der Waals surface area contributed by atoms with Crippen LogP contribution in [0, 0.1) is 16.0 Å². The van der Waals surface area contributed by atoms with Crippen molar-refractivity contribution in [2.24, 2.45) is 5.92 Å². The van der Waals surface area contributed by atoms with Crippen molar-refractivity contribution in [3.63, 3.8) is 0 Å². The standard InChI is InChI=1S/C16H14ClN3O2/c17-13-7-10(20(21)22)8-18-16(13)19-15-12-6-5-9-3-1-2-4-11(9)14(12)15/h1-4,7-8,12,14-15H,5-6H2,(H,18,19). The van der Waals surface area contributed by atoms with Crippen LogP contribution in [0.1, 0.15) is 23.5 Å². The lowest BCUT2D eigenvalue weighted by Crippen LogP contribution is -2.08. The first-order chi connectivity index (χ1) is 10.6. The number of pyridine rings is 1. The zero-order valence-corrected chi connectivity index (χ0v) is 12.5. The van der Waals surface area contributed by atoms with Gasteiger partial charge in [-0.05, 0) is 29.9 Å². The summed E-state index contributed by atoms with van der Waals surface area (Å²) in [5.41, 5.74) is 2.75. The van der Waals surface area contributed by atoms with E-state index >= 15 is 0 Å². The number of rotatable bonds is 3. The predicted octanol–water partition coefficient (Wildman–Crippen LogP) is 3.78. The minimum atomic E-state index is -0.490. The first-order valence-electron chi connectivity index (χ1n) is 7.29. The molecule has 1 saturated carbocycles. The maximum Gasteiger partial charge on any atom is 0.289 e. The molecule has 0 aliphatic heterocycles. The van der Waals surface area contributed by atoms with E-state index in [0.717, 1.165) is 12.8 Å². The molecule has 1 aromatic carbocycles. The van der Waals surface area contributed by atoms with Crippen molar-refractivity contribution in [2.45, 2.75) is 24.8 Å². The molecule has 1 aromatic heterocycles. The number of aryl methyl sites for hydroxylation is 1. The molecule has 2 aromatic rings. The Morgan fingerprint density at radius 3 is 2.95 bits per heavy atom. The van der Waals surface area contributed by atoms with E-state index < -0.39 is 4.92 Å². The highest BCUT2D eigenvalue weighted by Crippen LogP contribution is 2.55. The Hall–Kier alpha value is -2.14. The smallest absolute Gasteiger partial charge is 0.289 e. The van der Waals surface area contributed by atoms with E-state index in [2.05, 4.69) is 34.6 Å². The van der Waals surface area contributed by atoms with E-state index in [1.54, 1.807) is 0 Å². The molecule has 1 heterocycles. The van der Waals surface area contributed by atoms with Gasteiger partial charge in [0.05, 0.1) is 9.95 Å². The minimum Gasteiger partial charge on any atom is -0.365 e. The number of nitrogens with one attached hydrogen (secondary N) is 1. The van der Waals surface area contributed by atoms with Crippen LogP contribution < -0.4 is 5.32 Å². The van der Waals surface area contributed by atoms with Crippen LogP contribution in [-0.4, -0.2) is 15.9 Å². The highest BCUT2D eigenvalue weighted by atomic mass is 35.5. The fraction of sp³-hybridized carbons (Fsp3) is 0.312. The van der Waals surface area contributed by atoms with Crippen molar-refractivity contribution in [3.8, 4) is 0 Å².